The fourth-order valence-electron chi connectivity index (χ4n) is 2.81. The van der Waals surface area contributed by atoms with Crippen molar-refractivity contribution in [2.24, 2.45) is 0 Å². The van der Waals surface area contributed by atoms with Crippen LogP contribution < -0.4 is 15.6 Å². The maximum Gasteiger partial charge on any atom is 0.260 e. The molecule has 2 aromatic carbocycles. The zero-order valence-electron chi connectivity index (χ0n) is 11.9. The van der Waals surface area contributed by atoms with Crippen LogP contribution >= 0.6 is 0 Å². The predicted molar refractivity (Wildman–Crippen MR) is 85.3 cm³/mol. The van der Waals surface area contributed by atoms with E-state index in [9.17, 15) is 4.79 Å². The van der Waals surface area contributed by atoms with E-state index in [2.05, 4.69) is 15.3 Å². The quantitative estimate of drug-likeness (QED) is 0.762. The van der Waals surface area contributed by atoms with Crippen molar-refractivity contribution in [2.45, 2.75) is 12.5 Å². The first kappa shape index (κ1) is 12.9. The van der Waals surface area contributed by atoms with Crippen LogP contribution in [0.15, 0.2) is 53.3 Å². The molecule has 110 valence electrons. The Morgan fingerprint density at radius 1 is 1.14 bits per heavy atom. The molecule has 0 fully saturated rings. The largest absolute Gasteiger partial charge is 0.493 e. The molecule has 0 spiro atoms. The van der Waals surface area contributed by atoms with Crippen LogP contribution in [-0.4, -0.2) is 16.6 Å². The number of hydrogen-bond donors (Lipinski definition) is 2. The van der Waals surface area contributed by atoms with Gasteiger partial charge in [-0.3, -0.25) is 9.78 Å². The summed E-state index contributed by atoms with van der Waals surface area (Å²) < 4.78 is 5.65. The highest BCUT2D eigenvalue weighted by Gasteiger charge is 2.21. The van der Waals surface area contributed by atoms with Crippen molar-refractivity contribution in [3.05, 3.63) is 64.4 Å². The van der Waals surface area contributed by atoms with Gasteiger partial charge < -0.3 is 10.1 Å². The molecule has 1 unspecified atom stereocenters. The lowest BCUT2D eigenvalue weighted by atomic mass is 10.0. The molecule has 1 aromatic heterocycles. The highest BCUT2D eigenvalue weighted by molar-refractivity contribution is 5.78. The summed E-state index contributed by atoms with van der Waals surface area (Å²) in [6.07, 6.45) is 0.827. The molecule has 1 atom stereocenters. The normalized spacial score (nSPS) is 16.8. The molecule has 0 bridgehead atoms. The molecule has 0 saturated carbocycles. The first-order valence-corrected chi connectivity index (χ1v) is 7.28. The molecule has 0 aliphatic carbocycles. The number of rotatable bonds is 2. The summed E-state index contributed by atoms with van der Waals surface area (Å²) in [5, 5.41) is 3.92. The molecule has 5 heteroatoms. The minimum absolute atomic E-state index is 0.0780. The Hall–Kier alpha value is -2.82. The summed E-state index contributed by atoms with van der Waals surface area (Å²) in [5.41, 5.74) is 1.65. The summed E-state index contributed by atoms with van der Waals surface area (Å²) in [7, 11) is 0. The number of hydrogen-bond acceptors (Lipinski definition) is 4. The zero-order valence-corrected chi connectivity index (χ0v) is 11.9. The number of nitrogens with zero attached hydrogens (tertiary/aromatic N) is 1. The summed E-state index contributed by atoms with van der Waals surface area (Å²) in [5.74, 6) is 1.37. The molecule has 4 rings (SSSR count). The van der Waals surface area contributed by atoms with Crippen LogP contribution in [-0.2, 0) is 0 Å². The highest BCUT2D eigenvalue weighted by atomic mass is 16.5. The second kappa shape index (κ2) is 5.18. The number of fused-ring (bicyclic) bond motifs is 2. The van der Waals surface area contributed by atoms with Gasteiger partial charge in [0.15, 0.2) is 0 Å². The fraction of sp³-hybridized carbons (Fsp3) is 0.176. The van der Waals surface area contributed by atoms with Crippen molar-refractivity contribution < 1.29 is 4.74 Å². The van der Waals surface area contributed by atoms with E-state index in [1.54, 1.807) is 6.07 Å². The van der Waals surface area contributed by atoms with Crippen LogP contribution in [0.25, 0.3) is 10.9 Å². The first-order valence-electron chi connectivity index (χ1n) is 7.28. The van der Waals surface area contributed by atoms with Gasteiger partial charge in [0.25, 0.3) is 5.56 Å². The van der Waals surface area contributed by atoms with Gasteiger partial charge in [0.05, 0.1) is 23.6 Å². The van der Waals surface area contributed by atoms with Crippen molar-refractivity contribution >= 4 is 16.9 Å². The van der Waals surface area contributed by atoms with Gasteiger partial charge >= 0.3 is 0 Å². The molecule has 3 aromatic rings. The Morgan fingerprint density at radius 2 is 1.95 bits per heavy atom. The second-order valence-electron chi connectivity index (χ2n) is 5.30. The molecule has 1 aliphatic rings. The van der Waals surface area contributed by atoms with E-state index in [1.807, 2.05) is 42.5 Å². The number of anilines is 1. The van der Waals surface area contributed by atoms with E-state index >= 15 is 0 Å². The summed E-state index contributed by atoms with van der Waals surface area (Å²) >= 11 is 0. The van der Waals surface area contributed by atoms with Crippen molar-refractivity contribution in [3.63, 3.8) is 0 Å². The Balaban J connectivity index is 1.72. The molecule has 0 saturated heterocycles. The van der Waals surface area contributed by atoms with Gasteiger partial charge in [-0.25, -0.2) is 4.98 Å². The topological polar surface area (TPSA) is 67.0 Å². The van der Waals surface area contributed by atoms with Crippen LogP contribution in [0.4, 0.5) is 5.95 Å². The van der Waals surface area contributed by atoms with Crippen LogP contribution in [0.5, 0.6) is 5.75 Å². The number of benzene rings is 2. The standard InChI is InChI=1S/C17H15N3O2/c21-16-12-6-1-3-7-13(12)18-17(20-16)19-14-9-10-22-15-8-4-2-5-11(14)15/h1-8,14H,9-10H2,(H2,18,19,20,21). The van der Waals surface area contributed by atoms with Gasteiger partial charge in [-0.15, -0.1) is 0 Å². The lowest BCUT2D eigenvalue weighted by Crippen LogP contribution is -2.22. The minimum Gasteiger partial charge on any atom is -0.493 e. The smallest absolute Gasteiger partial charge is 0.260 e. The number of aromatic amines is 1. The van der Waals surface area contributed by atoms with Gasteiger partial charge in [0, 0.05) is 12.0 Å². The van der Waals surface area contributed by atoms with E-state index in [0.717, 1.165) is 17.7 Å². The van der Waals surface area contributed by atoms with Gasteiger partial charge in [-0.1, -0.05) is 30.3 Å². The Morgan fingerprint density at radius 3 is 2.91 bits per heavy atom. The first-order chi connectivity index (χ1) is 10.8. The molecule has 0 amide bonds. The van der Waals surface area contributed by atoms with Crippen LogP contribution in [0.2, 0.25) is 0 Å². The third-order valence-electron chi connectivity index (χ3n) is 3.88. The van der Waals surface area contributed by atoms with E-state index < -0.39 is 0 Å². The molecule has 5 nitrogen and oxygen atoms in total. The van der Waals surface area contributed by atoms with Crippen LogP contribution in [0, 0.1) is 0 Å². The van der Waals surface area contributed by atoms with E-state index in [0.29, 0.717) is 23.5 Å². The Labute approximate surface area is 127 Å². The molecule has 0 radical (unpaired) electrons. The highest BCUT2D eigenvalue weighted by Crippen LogP contribution is 2.33. The van der Waals surface area contributed by atoms with E-state index in [4.69, 9.17) is 4.74 Å². The van der Waals surface area contributed by atoms with E-state index in [1.165, 1.54) is 0 Å². The Bertz CT molecular complexity index is 888. The Kier molecular flexibility index (Phi) is 3.04. The van der Waals surface area contributed by atoms with E-state index in [-0.39, 0.29) is 11.6 Å². The minimum atomic E-state index is -0.131. The maximum absolute atomic E-state index is 12.1. The second-order valence-corrected chi connectivity index (χ2v) is 5.30. The number of ether oxygens (including phenoxy) is 1. The summed E-state index contributed by atoms with van der Waals surface area (Å²) in [6.45, 7) is 0.645. The third-order valence-corrected chi connectivity index (χ3v) is 3.88. The number of para-hydroxylation sites is 2. The molecule has 1 aliphatic heterocycles. The lowest BCUT2D eigenvalue weighted by Gasteiger charge is -2.26. The van der Waals surface area contributed by atoms with Crippen molar-refractivity contribution in [1.82, 2.24) is 9.97 Å². The monoisotopic (exact) mass is 293 g/mol. The SMILES string of the molecule is O=c1[nH]c(NC2CCOc3ccccc32)nc2ccccc12. The van der Waals surface area contributed by atoms with Crippen molar-refractivity contribution in [1.29, 1.82) is 0 Å². The van der Waals surface area contributed by atoms with Gasteiger partial charge in [-0.2, -0.15) is 0 Å². The average molecular weight is 293 g/mol. The maximum atomic E-state index is 12.1. The van der Waals surface area contributed by atoms with Crippen molar-refractivity contribution in [3.8, 4) is 5.75 Å². The molecular weight excluding hydrogens is 278 g/mol. The van der Waals surface area contributed by atoms with Crippen molar-refractivity contribution in [2.75, 3.05) is 11.9 Å². The molecule has 2 heterocycles. The molecule has 22 heavy (non-hydrogen) atoms. The van der Waals surface area contributed by atoms with Gasteiger partial charge in [0.1, 0.15) is 5.75 Å². The molecule has 2 N–H and O–H groups in total. The predicted octanol–water partition coefficient (Wildman–Crippen LogP) is 2.86. The number of H-pyrrole nitrogens is 1. The van der Waals surface area contributed by atoms with Gasteiger partial charge in [0.2, 0.25) is 5.95 Å². The van der Waals surface area contributed by atoms with Crippen LogP contribution in [0.1, 0.15) is 18.0 Å². The number of aromatic nitrogens is 2. The fourth-order valence-corrected chi connectivity index (χ4v) is 2.81. The van der Waals surface area contributed by atoms with Gasteiger partial charge in [-0.05, 0) is 18.2 Å². The zero-order chi connectivity index (χ0) is 14.9. The lowest BCUT2D eigenvalue weighted by molar-refractivity contribution is 0.274. The average Bonchev–Trinajstić information content (AvgIpc) is 2.55. The number of nitrogens with one attached hydrogen (secondary N) is 2. The third kappa shape index (κ3) is 2.20. The molecular formula is C17H15N3O2. The summed E-state index contributed by atoms with van der Waals surface area (Å²) in [6, 6.07) is 15.3. The van der Waals surface area contributed by atoms with Crippen LogP contribution in [0.3, 0.4) is 0 Å². The summed E-state index contributed by atoms with van der Waals surface area (Å²) in [4.78, 5) is 19.4.